The Morgan fingerprint density at radius 1 is 1.04 bits per heavy atom. The fourth-order valence-electron chi connectivity index (χ4n) is 2.99. The molecule has 5 rings (SSSR count). The third kappa shape index (κ3) is 3.57. The molecule has 0 aliphatic heterocycles. The summed E-state index contributed by atoms with van der Waals surface area (Å²) < 4.78 is 7.37. The molecule has 0 amide bonds. The number of para-hydroxylation sites is 1. The van der Waals surface area contributed by atoms with Gasteiger partial charge in [-0.1, -0.05) is 64.9 Å². The van der Waals surface area contributed by atoms with Gasteiger partial charge in [-0.3, -0.25) is 0 Å². The van der Waals surface area contributed by atoms with Crippen LogP contribution in [0.25, 0.3) is 17.1 Å². The van der Waals surface area contributed by atoms with E-state index in [9.17, 15) is 0 Å². The summed E-state index contributed by atoms with van der Waals surface area (Å²) in [6, 6.07) is 18.2. The highest BCUT2D eigenvalue weighted by molar-refractivity contribution is 7.98. The van der Waals surface area contributed by atoms with Crippen molar-refractivity contribution in [2.45, 2.75) is 36.6 Å². The third-order valence-corrected chi connectivity index (χ3v) is 5.48. The van der Waals surface area contributed by atoms with Gasteiger partial charge >= 0.3 is 0 Å². The largest absolute Gasteiger partial charge is 0.338 e. The molecule has 0 spiro atoms. The highest BCUT2D eigenvalue weighted by Crippen LogP contribution is 2.40. The van der Waals surface area contributed by atoms with E-state index in [1.54, 1.807) is 0 Å². The second kappa shape index (κ2) is 7.24. The van der Waals surface area contributed by atoms with Crippen LogP contribution in [-0.2, 0) is 5.75 Å². The quantitative estimate of drug-likeness (QED) is 0.441. The fraction of sp³-hybridized carbons (Fsp3) is 0.238. The Morgan fingerprint density at radius 2 is 1.82 bits per heavy atom. The average Bonchev–Trinajstić information content (AvgIpc) is 3.31. The number of thioether (sulfide) groups is 1. The first-order chi connectivity index (χ1) is 13.8. The van der Waals surface area contributed by atoms with Crippen LogP contribution in [0.5, 0.6) is 0 Å². The summed E-state index contributed by atoms with van der Waals surface area (Å²) in [6.07, 6.45) is 2.36. The molecular formula is C21H19N5OS. The molecule has 0 saturated heterocycles. The van der Waals surface area contributed by atoms with E-state index in [1.807, 2.05) is 47.1 Å². The van der Waals surface area contributed by atoms with Crippen molar-refractivity contribution >= 4 is 11.8 Å². The minimum Gasteiger partial charge on any atom is -0.338 e. The first kappa shape index (κ1) is 17.2. The summed E-state index contributed by atoms with van der Waals surface area (Å²) in [6.45, 7) is 2.06. The molecule has 1 saturated carbocycles. The number of hydrogen-bond donors (Lipinski definition) is 0. The molecule has 0 bridgehead atoms. The molecule has 1 fully saturated rings. The molecule has 4 aromatic rings. The molecular weight excluding hydrogens is 370 g/mol. The fourth-order valence-corrected chi connectivity index (χ4v) is 3.66. The van der Waals surface area contributed by atoms with E-state index in [0.29, 0.717) is 23.4 Å². The maximum atomic E-state index is 5.41. The molecule has 140 valence electrons. The van der Waals surface area contributed by atoms with E-state index in [-0.39, 0.29) is 0 Å². The monoisotopic (exact) mass is 389 g/mol. The Hall–Kier alpha value is -2.93. The molecule has 1 aliphatic carbocycles. The summed E-state index contributed by atoms with van der Waals surface area (Å²) >= 11 is 1.52. The predicted octanol–water partition coefficient (Wildman–Crippen LogP) is 4.80. The average molecular weight is 389 g/mol. The van der Waals surface area contributed by atoms with Gasteiger partial charge in [0.05, 0.1) is 11.4 Å². The van der Waals surface area contributed by atoms with Crippen LogP contribution in [0.15, 0.2) is 64.3 Å². The van der Waals surface area contributed by atoms with Crippen LogP contribution in [0.3, 0.4) is 0 Å². The maximum Gasteiger partial charge on any atom is 0.237 e. The molecule has 2 aromatic carbocycles. The van der Waals surface area contributed by atoms with Crippen LogP contribution in [0.2, 0.25) is 0 Å². The van der Waals surface area contributed by atoms with E-state index < -0.39 is 0 Å². The summed E-state index contributed by atoms with van der Waals surface area (Å²) in [4.78, 5) is 9.26. The van der Waals surface area contributed by atoms with Crippen molar-refractivity contribution in [3.8, 4) is 17.1 Å². The van der Waals surface area contributed by atoms with Crippen LogP contribution < -0.4 is 0 Å². The predicted molar refractivity (Wildman–Crippen MR) is 107 cm³/mol. The van der Waals surface area contributed by atoms with Crippen LogP contribution in [0.1, 0.15) is 36.0 Å². The second-order valence-corrected chi connectivity index (χ2v) is 7.88. The number of hydrogen-bond acceptors (Lipinski definition) is 6. The van der Waals surface area contributed by atoms with E-state index in [4.69, 9.17) is 14.6 Å². The lowest BCUT2D eigenvalue weighted by atomic mass is 10.1. The van der Waals surface area contributed by atoms with Gasteiger partial charge in [0.2, 0.25) is 16.9 Å². The Morgan fingerprint density at radius 3 is 2.57 bits per heavy atom. The zero-order valence-electron chi connectivity index (χ0n) is 15.4. The summed E-state index contributed by atoms with van der Waals surface area (Å²) in [5.41, 5.74) is 3.20. The number of aryl methyl sites for hydroxylation is 1. The normalized spacial score (nSPS) is 13.8. The Labute approximate surface area is 167 Å². The molecule has 2 aromatic heterocycles. The van der Waals surface area contributed by atoms with Gasteiger partial charge in [0, 0.05) is 11.5 Å². The first-order valence-electron chi connectivity index (χ1n) is 9.31. The highest BCUT2D eigenvalue weighted by Gasteiger charge is 2.30. The van der Waals surface area contributed by atoms with Crippen molar-refractivity contribution in [1.29, 1.82) is 0 Å². The SMILES string of the molecule is Cc1ccc(-c2noc(CSc3nc(C4CC4)n(-c4ccccc4)n3)n2)cc1. The minimum atomic E-state index is 0.513. The molecule has 2 heterocycles. The van der Waals surface area contributed by atoms with Gasteiger partial charge in [0.15, 0.2) is 0 Å². The zero-order valence-corrected chi connectivity index (χ0v) is 16.3. The molecule has 6 nitrogen and oxygen atoms in total. The highest BCUT2D eigenvalue weighted by atomic mass is 32.2. The van der Waals surface area contributed by atoms with Gasteiger partial charge in [0.25, 0.3) is 0 Å². The molecule has 7 heteroatoms. The van der Waals surface area contributed by atoms with Crippen molar-refractivity contribution in [2.24, 2.45) is 0 Å². The third-order valence-electron chi connectivity index (χ3n) is 4.66. The maximum absolute atomic E-state index is 5.41. The van der Waals surface area contributed by atoms with Gasteiger partial charge in [-0.15, -0.1) is 5.10 Å². The molecule has 0 N–H and O–H groups in total. The molecule has 1 aliphatic rings. The number of nitrogens with zero attached hydrogens (tertiary/aromatic N) is 5. The van der Waals surface area contributed by atoms with E-state index in [0.717, 1.165) is 22.2 Å². The van der Waals surface area contributed by atoms with E-state index in [1.165, 1.54) is 30.2 Å². The summed E-state index contributed by atoms with van der Waals surface area (Å²) in [5, 5.41) is 9.54. The van der Waals surface area contributed by atoms with Crippen molar-refractivity contribution in [3.63, 3.8) is 0 Å². The lowest BCUT2D eigenvalue weighted by Crippen LogP contribution is -2.01. The van der Waals surface area contributed by atoms with Crippen LogP contribution in [0, 0.1) is 6.92 Å². The van der Waals surface area contributed by atoms with E-state index >= 15 is 0 Å². The smallest absolute Gasteiger partial charge is 0.237 e. The Bertz CT molecular complexity index is 1080. The van der Waals surface area contributed by atoms with Crippen molar-refractivity contribution in [2.75, 3.05) is 0 Å². The lowest BCUT2D eigenvalue weighted by molar-refractivity contribution is 0.391. The topological polar surface area (TPSA) is 69.6 Å². The molecule has 28 heavy (non-hydrogen) atoms. The van der Waals surface area contributed by atoms with Crippen LogP contribution in [0.4, 0.5) is 0 Å². The standard InChI is InChI=1S/C21H19N5OS/c1-14-7-9-15(10-8-14)19-22-18(27-25-19)13-28-21-23-20(16-11-12-16)26(24-21)17-5-3-2-4-6-17/h2-10,16H,11-13H2,1H3. The summed E-state index contributed by atoms with van der Waals surface area (Å²) in [7, 11) is 0. The van der Waals surface area contributed by atoms with Gasteiger partial charge < -0.3 is 4.52 Å². The van der Waals surface area contributed by atoms with Crippen LogP contribution in [-0.4, -0.2) is 24.9 Å². The Balaban J connectivity index is 1.33. The van der Waals surface area contributed by atoms with Gasteiger partial charge in [-0.05, 0) is 31.9 Å². The van der Waals surface area contributed by atoms with Crippen molar-refractivity contribution in [3.05, 3.63) is 71.9 Å². The summed E-state index contributed by atoms with van der Waals surface area (Å²) in [5.74, 6) is 3.28. The van der Waals surface area contributed by atoms with Gasteiger partial charge in [-0.25, -0.2) is 9.67 Å². The van der Waals surface area contributed by atoms with Gasteiger partial charge in [-0.2, -0.15) is 4.98 Å². The first-order valence-corrected chi connectivity index (χ1v) is 10.3. The zero-order chi connectivity index (χ0) is 18.9. The van der Waals surface area contributed by atoms with Crippen LogP contribution >= 0.6 is 11.8 Å². The molecule has 0 atom stereocenters. The van der Waals surface area contributed by atoms with Crippen molar-refractivity contribution < 1.29 is 4.52 Å². The second-order valence-electron chi connectivity index (χ2n) is 6.94. The lowest BCUT2D eigenvalue weighted by Gasteiger charge is -2.03. The molecule has 0 radical (unpaired) electrons. The molecule has 0 unspecified atom stereocenters. The number of aromatic nitrogens is 5. The number of benzene rings is 2. The number of rotatable bonds is 6. The van der Waals surface area contributed by atoms with Crippen molar-refractivity contribution in [1.82, 2.24) is 24.9 Å². The minimum absolute atomic E-state index is 0.513. The van der Waals surface area contributed by atoms with Gasteiger partial charge in [0.1, 0.15) is 5.82 Å². The van der Waals surface area contributed by atoms with E-state index in [2.05, 4.69) is 29.2 Å². The Kier molecular flexibility index (Phi) is 4.44.